The number of methoxy groups -OCH3 is 2. The fraction of sp³-hybridized carbons (Fsp3) is 0.571. The van der Waals surface area contributed by atoms with E-state index in [9.17, 15) is 4.79 Å². The molecule has 1 aliphatic heterocycles. The van der Waals surface area contributed by atoms with Crippen LogP contribution in [0.2, 0.25) is 10.0 Å². The third-order valence-corrected chi connectivity index (χ3v) is 11.1. The summed E-state index contributed by atoms with van der Waals surface area (Å²) in [6.07, 6.45) is 16.4. The Bertz CT molecular complexity index is 1580. The topological polar surface area (TPSA) is 90.8 Å². The van der Waals surface area contributed by atoms with Crippen molar-refractivity contribution in [2.75, 3.05) is 26.6 Å². The zero-order valence-electron chi connectivity index (χ0n) is 26.5. The lowest BCUT2D eigenvalue weighted by atomic mass is 9.72. The minimum atomic E-state index is -0.190. The molecule has 2 saturated carbocycles. The lowest BCUT2D eigenvalue weighted by molar-refractivity contribution is 0.160. The SMILES string of the molecule is C=CC1OC1C1CCCC(CC2CCCCC[C@@H]2Cn2c(=O)c(-c3c(Cl)c(OC)cc(OC)c3Cl)cc3cnc(NC)nc32)C1. The maximum Gasteiger partial charge on any atom is 0.260 e. The Labute approximate surface area is 275 Å². The highest BCUT2D eigenvalue weighted by Crippen LogP contribution is 2.47. The van der Waals surface area contributed by atoms with Crippen molar-refractivity contribution in [1.29, 1.82) is 0 Å². The van der Waals surface area contributed by atoms with Crippen LogP contribution < -0.4 is 20.3 Å². The number of pyridine rings is 1. The molecular formula is C35H44Cl2N4O4. The van der Waals surface area contributed by atoms with E-state index in [0.717, 1.165) is 11.8 Å². The lowest BCUT2D eigenvalue weighted by Crippen LogP contribution is -2.31. The van der Waals surface area contributed by atoms with Crippen LogP contribution in [0.4, 0.5) is 5.95 Å². The summed E-state index contributed by atoms with van der Waals surface area (Å²) in [5.41, 5.74) is 1.17. The molecule has 3 aromatic rings. The molecule has 5 unspecified atom stereocenters. The van der Waals surface area contributed by atoms with E-state index >= 15 is 0 Å². The quantitative estimate of drug-likeness (QED) is 0.134. The largest absolute Gasteiger partial charge is 0.495 e. The molecule has 0 amide bonds. The average Bonchev–Trinajstić information content (AvgIpc) is 3.88. The molecule has 3 heterocycles. The van der Waals surface area contributed by atoms with Crippen LogP contribution in [-0.2, 0) is 11.3 Å². The van der Waals surface area contributed by atoms with Crippen LogP contribution in [0.5, 0.6) is 11.5 Å². The standard InChI is InChI=1S/C35H44Cl2N4O4/c1-5-26-32(45-26)22-13-9-10-20(15-22)14-21-11-7-6-8-12-23(21)19-41-33-24(18-39-35(38-2)40-33)16-25(34(41)42)29-30(36)27(43-3)17-28(44-4)31(29)37/h5,16-18,20-23,26,32H,1,6-15,19H2,2-4H3,(H,38,39,40)/t20?,21?,22?,23-,26?,32?/m1/s1. The molecule has 3 fully saturated rings. The van der Waals surface area contributed by atoms with Gasteiger partial charge in [-0.15, -0.1) is 6.58 Å². The van der Waals surface area contributed by atoms with E-state index in [1.54, 1.807) is 25.4 Å². The zero-order chi connectivity index (χ0) is 31.7. The number of nitrogens with one attached hydrogen (secondary N) is 1. The summed E-state index contributed by atoms with van der Waals surface area (Å²) in [5.74, 6) is 3.42. The molecule has 3 aliphatic rings. The number of fused-ring (bicyclic) bond motifs is 1. The Hall–Kier alpha value is -2.81. The van der Waals surface area contributed by atoms with Gasteiger partial charge < -0.3 is 19.5 Å². The number of aromatic nitrogens is 3. The molecule has 8 nitrogen and oxygen atoms in total. The summed E-state index contributed by atoms with van der Waals surface area (Å²) >= 11 is 13.7. The van der Waals surface area contributed by atoms with E-state index in [1.165, 1.54) is 72.0 Å². The van der Waals surface area contributed by atoms with Crippen LogP contribution in [0, 0.1) is 23.7 Å². The summed E-state index contributed by atoms with van der Waals surface area (Å²) in [4.78, 5) is 23.8. The van der Waals surface area contributed by atoms with Gasteiger partial charge in [-0.3, -0.25) is 9.36 Å². The number of nitrogens with zero attached hydrogens (tertiary/aromatic N) is 3. The second kappa shape index (κ2) is 13.9. The summed E-state index contributed by atoms with van der Waals surface area (Å²) in [7, 11) is 4.84. The van der Waals surface area contributed by atoms with Gasteiger partial charge in [-0.05, 0) is 55.4 Å². The van der Waals surface area contributed by atoms with Gasteiger partial charge in [0, 0.05) is 36.8 Å². The Morgan fingerprint density at radius 1 is 1.04 bits per heavy atom. The summed E-state index contributed by atoms with van der Waals surface area (Å²) < 4.78 is 18.8. The number of benzene rings is 1. The average molecular weight is 656 g/mol. The number of halogens is 2. The second-order valence-corrected chi connectivity index (χ2v) is 13.7. The van der Waals surface area contributed by atoms with Crippen LogP contribution in [0.3, 0.4) is 0 Å². The number of rotatable bonds is 10. The molecule has 0 bridgehead atoms. The second-order valence-electron chi connectivity index (χ2n) is 13.0. The van der Waals surface area contributed by atoms with Crippen molar-refractivity contribution in [2.24, 2.45) is 23.7 Å². The van der Waals surface area contributed by atoms with Gasteiger partial charge in [0.1, 0.15) is 23.3 Å². The summed E-state index contributed by atoms with van der Waals surface area (Å²) in [6, 6.07) is 3.41. The molecule has 1 aromatic carbocycles. The normalized spacial score (nSPS) is 26.7. The van der Waals surface area contributed by atoms with Crippen molar-refractivity contribution in [3.05, 3.63) is 51.4 Å². The van der Waals surface area contributed by atoms with Crippen LogP contribution in [0.25, 0.3) is 22.2 Å². The monoisotopic (exact) mass is 654 g/mol. The van der Waals surface area contributed by atoms with Gasteiger partial charge in [-0.25, -0.2) is 4.98 Å². The van der Waals surface area contributed by atoms with Crippen LogP contribution in [0.1, 0.15) is 64.2 Å². The fourth-order valence-corrected chi connectivity index (χ4v) is 8.68. The summed E-state index contributed by atoms with van der Waals surface area (Å²) in [6.45, 7) is 4.51. The van der Waals surface area contributed by atoms with Crippen molar-refractivity contribution in [3.8, 4) is 22.6 Å². The molecule has 0 radical (unpaired) electrons. The number of epoxide rings is 1. The molecule has 0 spiro atoms. The molecule has 2 aromatic heterocycles. The third kappa shape index (κ3) is 6.56. The van der Waals surface area contributed by atoms with E-state index in [-0.39, 0.29) is 21.7 Å². The fourth-order valence-electron chi connectivity index (χ4n) is 7.97. The van der Waals surface area contributed by atoms with Gasteiger partial charge in [0.15, 0.2) is 0 Å². The Morgan fingerprint density at radius 2 is 1.78 bits per heavy atom. The van der Waals surface area contributed by atoms with E-state index < -0.39 is 0 Å². The predicted octanol–water partition coefficient (Wildman–Crippen LogP) is 8.17. The molecule has 242 valence electrons. The van der Waals surface area contributed by atoms with Crippen molar-refractivity contribution in [2.45, 2.75) is 83.0 Å². The van der Waals surface area contributed by atoms with Crippen molar-refractivity contribution >= 4 is 40.2 Å². The van der Waals surface area contributed by atoms with Crippen molar-refractivity contribution < 1.29 is 14.2 Å². The lowest BCUT2D eigenvalue weighted by Gasteiger charge is -2.34. The van der Waals surface area contributed by atoms with Crippen LogP contribution in [0.15, 0.2) is 35.8 Å². The molecule has 6 atom stereocenters. The van der Waals surface area contributed by atoms with Gasteiger partial charge in [0.05, 0.1) is 35.9 Å². The Balaban J connectivity index is 1.38. The van der Waals surface area contributed by atoms with E-state index in [0.29, 0.717) is 70.5 Å². The number of hydrogen-bond acceptors (Lipinski definition) is 7. The number of hydrogen-bond donors (Lipinski definition) is 1. The summed E-state index contributed by atoms with van der Waals surface area (Å²) in [5, 5.41) is 4.29. The van der Waals surface area contributed by atoms with Crippen LogP contribution >= 0.6 is 23.2 Å². The first-order valence-electron chi connectivity index (χ1n) is 16.3. The first-order valence-corrected chi connectivity index (χ1v) is 17.1. The Kier molecular flexibility index (Phi) is 9.93. The molecule has 10 heteroatoms. The molecule has 45 heavy (non-hydrogen) atoms. The minimum absolute atomic E-state index is 0.190. The van der Waals surface area contributed by atoms with Crippen molar-refractivity contribution in [1.82, 2.24) is 14.5 Å². The first kappa shape index (κ1) is 32.1. The van der Waals surface area contributed by atoms with E-state index in [2.05, 4.69) is 16.9 Å². The van der Waals surface area contributed by atoms with E-state index in [4.69, 9.17) is 42.4 Å². The maximum atomic E-state index is 14.6. The Morgan fingerprint density at radius 3 is 2.44 bits per heavy atom. The van der Waals surface area contributed by atoms with Gasteiger partial charge in [0.25, 0.3) is 5.56 Å². The van der Waals surface area contributed by atoms with Crippen molar-refractivity contribution in [3.63, 3.8) is 0 Å². The molecular weight excluding hydrogens is 611 g/mol. The zero-order valence-corrected chi connectivity index (χ0v) is 28.0. The first-order chi connectivity index (χ1) is 21.9. The minimum Gasteiger partial charge on any atom is -0.495 e. The highest BCUT2D eigenvalue weighted by molar-refractivity contribution is 6.41. The van der Waals surface area contributed by atoms with Gasteiger partial charge in [-0.2, -0.15) is 4.98 Å². The molecule has 6 rings (SSSR count). The third-order valence-electron chi connectivity index (χ3n) is 10.3. The molecule has 1 N–H and O–H groups in total. The van der Waals surface area contributed by atoms with E-state index in [1.807, 2.05) is 10.6 Å². The molecule has 2 aliphatic carbocycles. The molecule has 1 saturated heterocycles. The maximum absolute atomic E-state index is 14.6. The van der Waals surface area contributed by atoms with Gasteiger partial charge in [0.2, 0.25) is 5.95 Å². The van der Waals surface area contributed by atoms with Crippen LogP contribution in [-0.4, -0.2) is 48.0 Å². The van der Waals surface area contributed by atoms with Gasteiger partial charge in [-0.1, -0.05) is 67.8 Å². The number of ether oxygens (including phenoxy) is 3. The smallest absolute Gasteiger partial charge is 0.260 e. The predicted molar refractivity (Wildman–Crippen MR) is 181 cm³/mol. The number of anilines is 1. The highest BCUT2D eigenvalue weighted by Gasteiger charge is 2.44. The van der Waals surface area contributed by atoms with Gasteiger partial charge >= 0.3 is 0 Å². The highest BCUT2D eigenvalue weighted by atomic mass is 35.5.